The van der Waals surface area contributed by atoms with E-state index in [1.165, 1.54) is 16.2 Å². The average Bonchev–Trinajstić information content (AvgIpc) is 3.29. The first-order valence-corrected chi connectivity index (χ1v) is 11.0. The standard InChI is InChI=1S/C20H24N4O2S2/c1-13-12-27-19(24-13)14(10-21)11-23-20-17(18(25)22-8-5-9-26-2)15-6-3-4-7-16(15)28-20/h11-12,23H,3-9H2,1-2H3,(H,22,25)/b14-11+. The number of carbonyl (C=O) groups excluding carboxylic acids is 1. The van der Waals surface area contributed by atoms with Gasteiger partial charge >= 0.3 is 0 Å². The molecule has 0 radical (unpaired) electrons. The summed E-state index contributed by atoms with van der Waals surface area (Å²) < 4.78 is 5.04. The molecule has 0 fully saturated rings. The predicted molar refractivity (Wildman–Crippen MR) is 114 cm³/mol. The molecule has 1 amide bonds. The van der Waals surface area contributed by atoms with Gasteiger partial charge in [-0.3, -0.25) is 4.79 Å². The Hall–Kier alpha value is -2.21. The second kappa shape index (κ2) is 9.82. The van der Waals surface area contributed by atoms with Crippen LogP contribution < -0.4 is 10.6 Å². The van der Waals surface area contributed by atoms with Gasteiger partial charge in [-0.1, -0.05) is 0 Å². The highest BCUT2D eigenvalue weighted by Crippen LogP contribution is 2.38. The second-order valence-electron chi connectivity index (χ2n) is 6.63. The summed E-state index contributed by atoms with van der Waals surface area (Å²) in [5.74, 6) is -0.0602. The zero-order chi connectivity index (χ0) is 19.9. The van der Waals surface area contributed by atoms with E-state index in [1.807, 2.05) is 12.3 Å². The van der Waals surface area contributed by atoms with Gasteiger partial charge in [0.2, 0.25) is 0 Å². The van der Waals surface area contributed by atoms with Gasteiger partial charge < -0.3 is 15.4 Å². The minimum absolute atomic E-state index is 0.0602. The Bertz CT molecular complexity index is 908. The number of thiophene rings is 1. The molecule has 2 aromatic rings. The van der Waals surface area contributed by atoms with Gasteiger partial charge in [0.05, 0.1) is 5.56 Å². The molecule has 28 heavy (non-hydrogen) atoms. The first-order valence-electron chi connectivity index (χ1n) is 9.35. The highest BCUT2D eigenvalue weighted by molar-refractivity contribution is 7.16. The first kappa shape index (κ1) is 20.5. The fourth-order valence-electron chi connectivity index (χ4n) is 3.17. The number of ether oxygens (including phenoxy) is 1. The topological polar surface area (TPSA) is 87.0 Å². The summed E-state index contributed by atoms with van der Waals surface area (Å²) >= 11 is 3.06. The molecular weight excluding hydrogens is 392 g/mol. The Balaban J connectivity index is 1.83. The van der Waals surface area contributed by atoms with Gasteiger partial charge in [0.15, 0.2) is 0 Å². The Kier molecular flexibility index (Phi) is 7.20. The molecule has 2 heterocycles. The lowest BCUT2D eigenvalue weighted by molar-refractivity contribution is 0.0948. The van der Waals surface area contributed by atoms with Crippen LogP contribution in [0.2, 0.25) is 0 Å². The maximum absolute atomic E-state index is 12.9. The van der Waals surface area contributed by atoms with E-state index in [-0.39, 0.29) is 5.91 Å². The highest BCUT2D eigenvalue weighted by atomic mass is 32.1. The van der Waals surface area contributed by atoms with Gasteiger partial charge in [-0.05, 0) is 44.6 Å². The number of carbonyl (C=O) groups is 1. The molecule has 0 bridgehead atoms. The predicted octanol–water partition coefficient (Wildman–Crippen LogP) is 4.13. The summed E-state index contributed by atoms with van der Waals surface area (Å²) in [5, 5.41) is 19.1. The number of nitrogens with zero attached hydrogens (tertiary/aromatic N) is 2. The van der Waals surface area contributed by atoms with Crippen molar-refractivity contribution in [2.24, 2.45) is 0 Å². The van der Waals surface area contributed by atoms with E-state index in [2.05, 4.69) is 21.7 Å². The van der Waals surface area contributed by atoms with Gasteiger partial charge in [-0.15, -0.1) is 22.7 Å². The smallest absolute Gasteiger partial charge is 0.254 e. The Morgan fingerprint density at radius 3 is 2.96 bits per heavy atom. The van der Waals surface area contributed by atoms with E-state index in [4.69, 9.17) is 4.74 Å². The van der Waals surface area contributed by atoms with Crippen LogP contribution >= 0.6 is 22.7 Å². The molecule has 8 heteroatoms. The third-order valence-electron chi connectivity index (χ3n) is 4.53. The number of hydrogen-bond acceptors (Lipinski definition) is 7. The molecule has 0 atom stereocenters. The van der Waals surface area contributed by atoms with Crippen molar-refractivity contribution in [1.29, 1.82) is 5.26 Å². The van der Waals surface area contributed by atoms with E-state index in [1.54, 1.807) is 24.6 Å². The Morgan fingerprint density at radius 1 is 1.43 bits per heavy atom. The van der Waals surface area contributed by atoms with Crippen LogP contribution in [0, 0.1) is 18.3 Å². The third kappa shape index (κ3) is 4.79. The molecule has 148 valence electrons. The summed E-state index contributed by atoms with van der Waals surface area (Å²) in [6.45, 7) is 3.10. The number of aryl methyl sites for hydroxylation is 2. The van der Waals surface area contributed by atoms with E-state index in [0.29, 0.717) is 23.7 Å². The van der Waals surface area contributed by atoms with Gasteiger partial charge in [-0.25, -0.2) is 4.98 Å². The third-order valence-corrected chi connectivity index (χ3v) is 6.74. The van der Waals surface area contributed by atoms with Crippen molar-refractivity contribution in [3.8, 4) is 6.07 Å². The fraction of sp³-hybridized carbons (Fsp3) is 0.450. The van der Waals surface area contributed by atoms with Crippen molar-refractivity contribution in [1.82, 2.24) is 10.3 Å². The Labute approximate surface area is 173 Å². The molecule has 1 aliphatic rings. The molecule has 0 saturated carbocycles. The zero-order valence-corrected chi connectivity index (χ0v) is 17.8. The summed E-state index contributed by atoms with van der Waals surface area (Å²) in [5.41, 5.74) is 3.24. The van der Waals surface area contributed by atoms with E-state index in [0.717, 1.165) is 53.9 Å². The maximum atomic E-state index is 12.9. The van der Waals surface area contributed by atoms with Gasteiger partial charge in [0.1, 0.15) is 21.7 Å². The van der Waals surface area contributed by atoms with Gasteiger partial charge in [0, 0.05) is 42.4 Å². The lowest BCUT2D eigenvalue weighted by Crippen LogP contribution is -2.26. The highest BCUT2D eigenvalue weighted by Gasteiger charge is 2.25. The van der Waals surface area contributed by atoms with E-state index < -0.39 is 0 Å². The number of fused-ring (bicyclic) bond motifs is 1. The number of anilines is 1. The molecule has 6 nitrogen and oxygen atoms in total. The largest absolute Gasteiger partial charge is 0.385 e. The van der Waals surface area contributed by atoms with Crippen LogP contribution in [0.5, 0.6) is 0 Å². The molecule has 1 aliphatic carbocycles. The molecule has 2 aromatic heterocycles. The van der Waals surface area contributed by atoms with E-state index >= 15 is 0 Å². The number of methoxy groups -OCH3 is 1. The lowest BCUT2D eigenvalue weighted by atomic mass is 9.95. The van der Waals surface area contributed by atoms with Crippen molar-refractivity contribution < 1.29 is 9.53 Å². The summed E-state index contributed by atoms with van der Waals surface area (Å²) in [7, 11) is 1.65. The number of rotatable bonds is 8. The van der Waals surface area contributed by atoms with Crippen molar-refractivity contribution in [3.63, 3.8) is 0 Å². The van der Waals surface area contributed by atoms with Crippen LogP contribution in [0.1, 0.15) is 50.8 Å². The molecule has 0 unspecified atom stereocenters. The normalized spacial score (nSPS) is 13.7. The van der Waals surface area contributed by atoms with Gasteiger partial charge in [-0.2, -0.15) is 5.26 Å². The fourth-order valence-corrected chi connectivity index (χ4v) is 5.19. The number of aromatic nitrogens is 1. The number of nitriles is 1. The van der Waals surface area contributed by atoms with Crippen LogP contribution in [0.3, 0.4) is 0 Å². The minimum atomic E-state index is -0.0602. The summed E-state index contributed by atoms with van der Waals surface area (Å²) in [4.78, 5) is 18.5. The average molecular weight is 417 g/mol. The maximum Gasteiger partial charge on any atom is 0.254 e. The van der Waals surface area contributed by atoms with Crippen molar-refractivity contribution in [2.75, 3.05) is 25.6 Å². The first-order chi connectivity index (χ1) is 13.6. The van der Waals surface area contributed by atoms with Crippen molar-refractivity contribution in [3.05, 3.63) is 38.3 Å². The number of allylic oxidation sites excluding steroid dienone is 1. The number of thiazole rings is 1. The zero-order valence-electron chi connectivity index (χ0n) is 16.1. The molecule has 0 aliphatic heterocycles. The summed E-state index contributed by atoms with van der Waals surface area (Å²) in [6.07, 6.45) is 6.63. The molecule has 0 spiro atoms. The van der Waals surface area contributed by atoms with Crippen LogP contribution in [-0.4, -0.2) is 31.2 Å². The monoisotopic (exact) mass is 416 g/mol. The number of nitrogens with one attached hydrogen (secondary N) is 2. The minimum Gasteiger partial charge on any atom is -0.385 e. The van der Waals surface area contributed by atoms with Crippen LogP contribution in [0.4, 0.5) is 5.00 Å². The molecule has 2 N–H and O–H groups in total. The molecule has 0 aromatic carbocycles. The van der Waals surface area contributed by atoms with E-state index in [9.17, 15) is 10.1 Å². The number of hydrogen-bond donors (Lipinski definition) is 2. The van der Waals surface area contributed by atoms with Crippen LogP contribution in [-0.2, 0) is 17.6 Å². The van der Waals surface area contributed by atoms with Crippen molar-refractivity contribution >= 4 is 39.2 Å². The van der Waals surface area contributed by atoms with Crippen LogP contribution in [0.25, 0.3) is 5.57 Å². The summed E-state index contributed by atoms with van der Waals surface area (Å²) in [6, 6.07) is 2.20. The SMILES string of the molecule is COCCCNC(=O)c1c(N/C=C(\C#N)c2nc(C)cs2)sc2c1CCCC2. The van der Waals surface area contributed by atoms with Crippen LogP contribution in [0.15, 0.2) is 11.6 Å². The lowest BCUT2D eigenvalue weighted by Gasteiger charge is -2.13. The molecular formula is C20H24N4O2S2. The quantitative estimate of drug-likeness (QED) is 0.499. The second-order valence-corrected chi connectivity index (χ2v) is 8.59. The van der Waals surface area contributed by atoms with Crippen molar-refractivity contribution in [2.45, 2.75) is 39.0 Å². The molecule has 0 saturated heterocycles. The Morgan fingerprint density at radius 2 is 2.25 bits per heavy atom. The molecule has 3 rings (SSSR count). The number of amides is 1. The van der Waals surface area contributed by atoms with Gasteiger partial charge in [0.25, 0.3) is 5.91 Å².